The summed E-state index contributed by atoms with van der Waals surface area (Å²) in [7, 11) is 0. The van der Waals surface area contributed by atoms with Crippen LogP contribution in [0.4, 0.5) is 5.69 Å². The maximum atomic E-state index is 14.3. The summed E-state index contributed by atoms with van der Waals surface area (Å²) >= 11 is 0. The first-order chi connectivity index (χ1) is 21.0. The molecule has 12 heteroatoms. The standard InChI is InChI=1S/C31H32N6O6/c1-2-42-21-12-10-20(11-13-21)35-16-5-9-24-25(28(35)39)26-29(40)36(17-18-38)27-30(41)34(15-6-14-31(26,27)43-24)19-37-23-8-4-3-7-22(23)32-33-37/h3-14,24-27,38H,2,15-19H2,1H3/t24-,25+,26-,27?,31-/m0/s1. The smallest absolute Gasteiger partial charge is 0.250 e. The first kappa shape index (κ1) is 27.3. The van der Waals surface area contributed by atoms with Crippen molar-refractivity contribution in [1.82, 2.24) is 24.8 Å². The molecule has 3 aromatic rings. The quantitative estimate of drug-likeness (QED) is 0.412. The van der Waals surface area contributed by atoms with E-state index in [1.165, 1.54) is 4.90 Å². The van der Waals surface area contributed by atoms with Crippen LogP contribution in [0.15, 0.2) is 72.8 Å². The molecule has 12 nitrogen and oxygen atoms in total. The fraction of sp³-hybridized carbons (Fsp3) is 0.387. The zero-order chi connectivity index (χ0) is 29.7. The van der Waals surface area contributed by atoms with Crippen LogP contribution in [0.25, 0.3) is 11.0 Å². The maximum absolute atomic E-state index is 14.3. The molecule has 2 aromatic carbocycles. The summed E-state index contributed by atoms with van der Waals surface area (Å²) < 4.78 is 13.9. The summed E-state index contributed by atoms with van der Waals surface area (Å²) in [6.07, 6.45) is 6.60. The maximum Gasteiger partial charge on any atom is 0.250 e. The summed E-state index contributed by atoms with van der Waals surface area (Å²) in [6.45, 7) is 2.71. The number of carbonyl (C=O) groups is 3. The van der Waals surface area contributed by atoms with Gasteiger partial charge in [-0.1, -0.05) is 41.7 Å². The lowest BCUT2D eigenvalue weighted by molar-refractivity contribution is -0.148. The van der Waals surface area contributed by atoms with E-state index < -0.39 is 29.6 Å². The van der Waals surface area contributed by atoms with Crippen LogP contribution in [-0.4, -0.2) is 98.2 Å². The molecular weight excluding hydrogens is 552 g/mol. The van der Waals surface area contributed by atoms with Crippen LogP contribution < -0.4 is 9.64 Å². The minimum Gasteiger partial charge on any atom is -0.494 e. The van der Waals surface area contributed by atoms with E-state index >= 15 is 0 Å². The molecule has 1 aromatic heterocycles. The van der Waals surface area contributed by atoms with Crippen LogP contribution in [0.3, 0.4) is 0 Å². The molecule has 5 atom stereocenters. The molecule has 2 saturated heterocycles. The molecule has 0 saturated carbocycles. The molecule has 7 rings (SSSR count). The van der Waals surface area contributed by atoms with Gasteiger partial charge >= 0.3 is 0 Å². The molecule has 3 amide bonds. The van der Waals surface area contributed by atoms with E-state index in [1.807, 2.05) is 73.7 Å². The number of nitrogens with zero attached hydrogens (tertiary/aromatic N) is 6. The van der Waals surface area contributed by atoms with Gasteiger partial charge in [-0.3, -0.25) is 14.4 Å². The molecule has 2 fully saturated rings. The van der Waals surface area contributed by atoms with Gasteiger partial charge in [0.1, 0.15) is 29.6 Å². The normalized spacial score (nSPS) is 28.2. The number of amides is 3. The summed E-state index contributed by atoms with van der Waals surface area (Å²) in [6, 6.07) is 13.7. The van der Waals surface area contributed by atoms with E-state index in [9.17, 15) is 19.5 Å². The lowest BCUT2D eigenvalue weighted by Gasteiger charge is -2.35. The molecule has 1 N–H and O–H groups in total. The molecule has 1 unspecified atom stereocenters. The number of ether oxygens (including phenoxy) is 2. The lowest BCUT2D eigenvalue weighted by Crippen LogP contribution is -2.55. The number of fused-ring (bicyclic) bond motifs is 3. The molecule has 43 heavy (non-hydrogen) atoms. The SMILES string of the molecule is CCOc1ccc(N2CC=C[C@@H]3O[C@]45C=CCN(Cn6nnc7ccccc76)C(=O)C4N(CCO)C(=O)[C@@H]5[C@@H]3C2=O)cc1. The average molecular weight is 585 g/mol. The number of rotatable bonds is 7. The van der Waals surface area contributed by atoms with Gasteiger partial charge in [0.05, 0.1) is 36.7 Å². The van der Waals surface area contributed by atoms with Gasteiger partial charge in [0.2, 0.25) is 11.8 Å². The third kappa shape index (κ3) is 4.23. The molecule has 222 valence electrons. The number of benzene rings is 2. The fourth-order valence-corrected chi connectivity index (χ4v) is 6.96. The van der Waals surface area contributed by atoms with E-state index in [4.69, 9.17) is 9.47 Å². The molecule has 0 bridgehead atoms. The van der Waals surface area contributed by atoms with Gasteiger partial charge in [-0.2, -0.15) is 0 Å². The van der Waals surface area contributed by atoms with Gasteiger partial charge in [0.15, 0.2) is 0 Å². The number of β-amino-alcohol motifs (C(OH)–C–C–N with tert-alkyl or cyclic N) is 1. The molecule has 0 aliphatic carbocycles. The number of aliphatic hydroxyl groups excluding tert-OH is 1. The van der Waals surface area contributed by atoms with Crippen molar-refractivity contribution < 1.29 is 29.0 Å². The number of hydrogen-bond acceptors (Lipinski definition) is 8. The molecule has 5 heterocycles. The van der Waals surface area contributed by atoms with E-state index in [1.54, 1.807) is 20.6 Å². The highest BCUT2D eigenvalue weighted by Crippen LogP contribution is 2.53. The van der Waals surface area contributed by atoms with Crippen LogP contribution in [0.5, 0.6) is 5.75 Å². The third-order valence-electron chi connectivity index (χ3n) is 8.77. The Bertz CT molecular complexity index is 1630. The number of likely N-dealkylation sites (tertiary alicyclic amines) is 1. The Kier molecular flexibility index (Phi) is 6.74. The van der Waals surface area contributed by atoms with Crippen LogP contribution in [0.1, 0.15) is 6.92 Å². The Morgan fingerprint density at radius 1 is 1.02 bits per heavy atom. The molecule has 1 spiro atoms. The van der Waals surface area contributed by atoms with Crippen molar-refractivity contribution in [2.75, 3.05) is 37.7 Å². The Hall–Kier alpha value is -4.55. The Morgan fingerprint density at radius 2 is 1.84 bits per heavy atom. The Labute approximate surface area is 247 Å². The van der Waals surface area contributed by atoms with E-state index in [-0.39, 0.29) is 44.1 Å². The number of anilines is 1. The van der Waals surface area contributed by atoms with Gasteiger partial charge in [-0.15, -0.1) is 5.10 Å². The van der Waals surface area contributed by atoms with Crippen molar-refractivity contribution >= 4 is 34.4 Å². The summed E-state index contributed by atoms with van der Waals surface area (Å²) in [5.41, 5.74) is 0.777. The minimum absolute atomic E-state index is 0.0607. The second-order valence-corrected chi connectivity index (χ2v) is 11.1. The molecular formula is C31H32N6O6. The van der Waals surface area contributed by atoms with E-state index in [0.29, 0.717) is 30.1 Å². The van der Waals surface area contributed by atoms with Crippen LogP contribution in [0.2, 0.25) is 0 Å². The predicted octanol–water partition coefficient (Wildman–Crippen LogP) is 1.36. The second kappa shape index (κ2) is 10.6. The van der Waals surface area contributed by atoms with Gasteiger partial charge in [0.25, 0.3) is 5.91 Å². The molecule has 4 aliphatic heterocycles. The van der Waals surface area contributed by atoms with Gasteiger partial charge in [-0.05, 0) is 43.3 Å². The summed E-state index contributed by atoms with van der Waals surface area (Å²) in [5.74, 6) is -2.08. The number of para-hydroxylation sites is 1. The highest BCUT2D eigenvalue weighted by molar-refractivity contribution is 6.03. The lowest BCUT2D eigenvalue weighted by atomic mass is 9.77. The molecule has 0 radical (unpaired) electrons. The first-order valence-corrected chi connectivity index (χ1v) is 14.5. The Morgan fingerprint density at radius 3 is 2.63 bits per heavy atom. The van der Waals surface area contributed by atoms with Gasteiger partial charge in [0, 0.05) is 25.3 Å². The largest absolute Gasteiger partial charge is 0.494 e. The van der Waals surface area contributed by atoms with Crippen molar-refractivity contribution in [3.05, 3.63) is 72.8 Å². The van der Waals surface area contributed by atoms with Crippen LogP contribution in [0, 0.1) is 11.8 Å². The number of hydrogen-bond donors (Lipinski definition) is 1. The first-order valence-electron chi connectivity index (χ1n) is 14.5. The van der Waals surface area contributed by atoms with Crippen molar-refractivity contribution in [2.24, 2.45) is 11.8 Å². The van der Waals surface area contributed by atoms with Crippen molar-refractivity contribution in [2.45, 2.75) is 31.3 Å². The van der Waals surface area contributed by atoms with Crippen LogP contribution >= 0.6 is 0 Å². The summed E-state index contributed by atoms with van der Waals surface area (Å²) in [5, 5.41) is 18.4. The number of aromatic nitrogens is 3. The topological polar surface area (TPSA) is 130 Å². The Balaban J connectivity index is 1.23. The number of aliphatic hydroxyl groups is 1. The zero-order valence-electron chi connectivity index (χ0n) is 23.7. The van der Waals surface area contributed by atoms with Crippen LogP contribution in [-0.2, 0) is 25.8 Å². The monoisotopic (exact) mass is 584 g/mol. The minimum atomic E-state index is -1.38. The van der Waals surface area contributed by atoms with Crippen molar-refractivity contribution in [1.29, 1.82) is 0 Å². The summed E-state index contributed by atoms with van der Waals surface area (Å²) in [4.78, 5) is 47.4. The highest BCUT2D eigenvalue weighted by Gasteiger charge is 2.71. The van der Waals surface area contributed by atoms with Gasteiger partial charge < -0.3 is 29.3 Å². The second-order valence-electron chi connectivity index (χ2n) is 11.1. The number of carbonyl (C=O) groups excluding carboxylic acids is 3. The average Bonchev–Trinajstić information content (AvgIpc) is 3.56. The highest BCUT2D eigenvalue weighted by atomic mass is 16.5. The fourth-order valence-electron chi connectivity index (χ4n) is 6.96. The van der Waals surface area contributed by atoms with E-state index in [0.717, 1.165) is 5.52 Å². The van der Waals surface area contributed by atoms with Crippen molar-refractivity contribution in [3.63, 3.8) is 0 Å². The molecule has 4 aliphatic rings. The third-order valence-corrected chi connectivity index (χ3v) is 8.77. The van der Waals surface area contributed by atoms with Crippen molar-refractivity contribution in [3.8, 4) is 5.75 Å². The zero-order valence-corrected chi connectivity index (χ0v) is 23.7. The van der Waals surface area contributed by atoms with E-state index in [2.05, 4.69) is 10.3 Å². The predicted molar refractivity (Wildman–Crippen MR) is 155 cm³/mol. The van der Waals surface area contributed by atoms with Gasteiger partial charge in [-0.25, -0.2) is 4.68 Å².